The van der Waals surface area contributed by atoms with Crippen molar-refractivity contribution in [2.45, 2.75) is 19.3 Å². The molecule has 0 atom stereocenters. The second-order valence-corrected chi connectivity index (χ2v) is 4.55. The lowest BCUT2D eigenvalue weighted by Crippen LogP contribution is -2.26. The summed E-state index contributed by atoms with van der Waals surface area (Å²) in [5, 5.41) is 3.08. The van der Waals surface area contributed by atoms with Gasteiger partial charge in [-0.15, -0.1) is 0 Å². The van der Waals surface area contributed by atoms with Gasteiger partial charge < -0.3 is 19.7 Å². The molecule has 1 aliphatic heterocycles. The number of rotatable bonds is 6. The Labute approximate surface area is 113 Å². The third kappa shape index (κ3) is 3.38. The van der Waals surface area contributed by atoms with Crippen molar-refractivity contribution in [1.29, 1.82) is 0 Å². The van der Waals surface area contributed by atoms with E-state index in [4.69, 9.17) is 9.47 Å². The van der Waals surface area contributed by atoms with E-state index in [1.54, 1.807) is 11.9 Å². The van der Waals surface area contributed by atoms with Crippen LogP contribution in [0.15, 0.2) is 18.2 Å². The van der Waals surface area contributed by atoms with Gasteiger partial charge in [0.15, 0.2) is 11.5 Å². The number of nitrogens with one attached hydrogen (secondary N) is 1. The number of ether oxygens (including phenoxy) is 2. The summed E-state index contributed by atoms with van der Waals surface area (Å²) in [6.45, 7) is 1.20. The van der Waals surface area contributed by atoms with Gasteiger partial charge in [0.25, 0.3) is 0 Å². The van der Waals surface area contributed by atoms with Crippen molar-refractivity contribution in [1.82, 2.24) is 5.32 Å². The molecule has 5 nitrogen and oxygen atoms in total. The van der Waals surface area contributed by atoms with Crippen LogP contribution in [0, 0.1) is 0 Å². The van der Waals surface area contributed by atoms with E-state index in [9.17, 15) is 4.79 Å². The summed E-state index contributed by atoms with van der Waals surface area (Å²) in [7, 11) is 3.71. The van der Waals surface area contributed by atoms with Gasteiger partial charge in [0.2, 0.25) is 12.7 Å². The molecule has 0 aliphatic carbocycles. The van der Waals surface area contributed by atoms with E-state index in [2.05, 4.69) is 5.32 Å². The number of nitrogens with zero attached hydrogens (tertiary/aromatic N) is 1. The van der Waals surface area contributed by atoms with Crippen LogP contribution in [0.2, 0.25) is 0 Å². The first-order valence-electron chi connectivity index (χ1n) is 6.53. The van der Waals surface area contributed by atoms with Gasteiger partial charge in [-0.05, 0) is 38.6 Å². The predicted octanol–water partition coefficient (Wildman–Crippen LogP) is 1.77. The molecule has 0 aromatic heterocycles. The summed E-state index contributed by atoms with van der Waals surface area (Å²) < 4.78 is 10.6. The van der Waals surface area contributed by atoms with Gasteiger partial charge in [-0.2, -0.15) is 0 Å². The lowest BCUT2D eigenvalue weighted by molar-refractivity contribution is -0.118. The molecule has 104 valence electrons. The van der Waals surface area contributed by atoms with Crippen molar-refractivity contribution in [2.24, 2.45) is 0 Å². The number of carbonyl (C=O) groups excluding carboxylic acids is 1. The maximum Gasteiger partial charge on any atom is 0.231 e. The van der Waals surface area contributed by atoms with Gasteiger partial charge in [0.1, 0.15) is 0 Å². The number of hydrogen-bond donors (Lipinski definition) is 1. The van der Waals surface area contributed by atoms with Crippen molar-refractivity contribution in [2.75, 3.05) is 32.3 Å². The summed E-state index contributed by atoms with van der Waals surface area (Å²) in [5.74, 6) is 1.56. The van der Waals surface area contributed by atoms with E-state index in [0.717, 1.165) is 30.8 Å². The molecule has 5 heteroatoms. The summed E-state index contributed by atoms with van der Waals surface area (Å²) >= 11 is 0. The van der Waals surface area contributed by atoms with Crippen molar-refractivity contribution >= 4 is 11.6 Å². The molecule has 0 saturated carbocycles. The topological polar surface area (TPSA) is 50.8 Å². The molecule has 1 heterocycles. The SMILES string of the molecule is CNCCCCC(=O)N(C)c1ccc2c(c1)OCO2. The number of amides is 1. The van der Waals surface area contributed by atoms with Gasteiger partial charge in [-0.25, -0.2) is 0 Å². The molecule has 1 aliphatic rings. The number of carbonyl (C=O) groups is 1. The van der Waals surface area contributed by atoms with Crippen LogP contribution in [0.4, 0.5) is 5.69 Å². The van der Waals surface area contributed by atoms with Crippen molar-refractivity contribution < 1.29 is 14.3 Å². The summed E-state index contributed by atoms with van der Waals surface area (Å²) in [5.41, 5.74) is 0.836. The molecule has 1 amide bonds. The highest BCUT2D eigenvalue weighted by molar-refractivity contribution is 5.93. The Kier molecular flexibility index (Phi) is 4.63. The fourth-order valence-corrected chi connectivity index (χ4v) is 1.98. The molecule has 2 rings (SSSR count). The number of anilines is 1. The second-order valence-electron chi connectivity index (χ2n) is 4.55. The van der Waals surface area contributed by atoms with Crippen LogP contribution in [0.1, 0.15) is 19.3 Å². The van der Waals surface area contributed by atoms with Crippen molar-refractivity contribution in [3.8, 4) is 11.5 Å². The highest BCUT2D eigenvalue weighted by Crippen LogP contribution is 2.35. The maximum absolute atomic E-state index is 12.0. The minimum absolute atomic E-state index is 0.120. The molecule has 1 aromatic rings. The van der Waals surface area contributed by atoms with Gasteiger partial charge in [-0.1, -0.05) is 0 Å². The van der Waals surface area contributed by atoms with Crippen LogP contribution in [-0.4, -0.2) is 33.3 Å². The quantitative estimate of drug-likeness (QED) is 0.796. The summed E-state index contributed by atoms with van der Waals surface area (Å²) in [4.78, 5) is 13.7. The van der Waals surface area contributed by atoms with Crippen LogP contribution in [-0.2, 0) is 4.79 Å². The molecule has 1 N–H and O–H groups in total. The lowest BCUT2D eigenvalue weighted by atomic mass is 10.2. The zero-order valence-corrected chi connectivity index (χ0v) is 11.4. The highest BCUT2D eigenvalue weighted by Gasteiger charge is 2.17. The number of unbranched alkanes of at least 4 members (excludes halogenated alkanes) is 1. The molecule has 0 unspecified atom stereocenters. The Bertz CT molecular complexity index is 448. The van der Waals surface area contributed by atoms with Crippen LogP contribution in [0.25, 0.3) is 0 Å². The molecule has 0 spiro atoms. The van der Waals surface area contributed by atoms with Crippen LogP contribution >= 0.6 is 0 Å². The Morgan fingerprint density at radius 3 is 2.89 bits per heavy atom. The normalized spacial score (nSPS) is 12.5. The summed E-state index contributed by atoms with van der Waals surface area (Å²) in [6.07, 6.45) is 2.47. The van der Waals surface area contributed by atoms with Gasteiger partial charge in [-0.3, -0.25) is 4.79 Å². The lowest BCUT2D eigenvalue weighted by Gasteiger charge is -2.17. The molecule has 1 aromatic carbocycles. The second kappa shape index (κ2) is 6.43. The van der Waals surface area contributed by atoms with Gasteiger partial charge in [0.05, 0.1) is 0 Å². The molecular weight excluding hydrogens is 244 g/mol. The average Bonchev–Trinajstić information content (AvgIpc) is 2.89. The van der Waals surface area contributed by atoms with Crippen LogP contribution in [0.3, 0.4) is 0 Å². The fraction of sp³-hybridized carbons (Fsp3) is 0.500. The Balaban J connectivity index is 1.91. The molecule has 19 heavy (non-hydrogen) atoms. The molecule has 0 fully saturated rings. The smallest absolute Gasteiger partial charge is 0.231 e. The standard InChI is InChI=1S/C14H20N2O3/c1-15-8-4-3-5-14(17)16(2)11-6-7-12-13(9-11)19-10-18-12/h6-7,9,15H,3-5,8,10H2,1-2H3. The van der Waals surface area contributed by atoms with Crippen LogP contribution in [0.5, 0.6) is 11.5 Å². The first-order chi connectivity index (χ1) is 9.22. The predicted molar refractivity (Wildman–Crippen MR) is 73.8 cm³/mol. The maximum atomic E-state index is 12.0. The minimum Gasteiger partial charge on any atom is -0.454 e. The zero-order valence-electron chi connectivity index (χ0n) is 11.4. The largest absolute Gasteiger partial charge is 0.454 e. The van der Waals surface area contributed by atoms with E-state index in [1.807, 2.05) is 25.2 Å². The molecule has 0 saturated heterocycles. The molecule has 0 radical (unpaired) electrons. The monoisotopic (exact) mass is 264 g/mol. The van der Waals surface area contributed by atoms with Gasteiger partial charge >= 0.3 is 0 Å². The first-order valence-corrected chi connectivity index (χ1v) is 6.53. The van der Waals surface area contributed by atoms with E-state index < -0.39 is 0 Å². The average molecular weight is 264 g/mol. The molecule has 0 bridgehead atoms. The molecular formula is C14H20N2O3. The highest BCUT2D eigenvalue weighted by atomic mass is 16.7. The third-order valence-corrected chi connectivity index (χ3v) is 3.18. The Morgan fingerprint density at radius 2 is 2.11 bits per heavy atom. The minimum atomic E-state index is 0.120. The summed E-state index contributed by atoms with van der Waals surface area (Å²) in [6, 6.07) is 5.55. The van der Waals surface area contributed by atoms with Crippen LogP contribution < -0.4 is 19.7 Å². The van der Waals surface area contributed by atoms with Crippen molar-refractivity contribution in [3.63, 3.8) is 0 Å². The van der Waals surface area contributed by atoms with Crippen molar-refractivity contribution in [3.05, 3.63) is 18.2 Å². The Hall–Kier alpha value is -1.75. The number of hydrogen-bond acceptors (Lipinski definition) is 4. The fourth-order valence-electron chi connectivity index (χ4n) is 1.98. The van der Waals surface area contributed by atoms with E-state index >= 15 is 0 Å². The van der Waals surface area contributed by atoms with E-state index in [-0.39, 0.29) is 12.7 Å². The van der Waals surface area contributed by atoms with E-state index in [0.29, 0.717) is 12.2 Å². The van der Waals surface area contributed by atoms with Gasteiger partial charge in [0, 0.05) is 25.2 Å². The number of benzene rings is 1. The number of fused-ring (bicyclic) bond motifs is 1. The third-order valence-electron chi connectivity index (χ3n) is 3.18. The zero-order chi connectivity index (χ0) is 13.7. The first kappa shape index (κ1) is 13.7. The Morgan fingerprint density at radius 1 is 1.32 bits per heavy atom. The van der Waals surface area contributed by atoms with E-state index in [1.165, 1.54) is 0 Å².